The van der Waals surface area contributed by atoms with Gasteiger partial charge in [0.2, 0.25) is 5.91 Å². The van der Waals surface area contributed by atoms with Gasteiger partial charge in [0.15, 0.2) is 0 Å². The van der Waals surface area contributed by atoms with Crippen LogP contribution in [0.1, 0.15) is 5.56 Å². The van der Waals surface area contributed by atoms with Crippen LogP contribution in [0.15, 0.2) is 46.7 Å². The van der Waals surface area contributed by atoms with Crippen molar-refractivity contribution in [2.24, 2.45) is 0 Å². The van der Waals surface area contributed by atoms with E-state index >= 15 is 0 Å². The lowest BCUT2D eigenvalue weighted by Crippen LogP contribution is -2.51. The molecule has 1 fully saturated rings. The number of carbonyl (C=O) groups excluding carboxylic acids is 1. The van der Waals surface area contributed by atoms with Crippen LogP contribution in [0.3, 0.4) is 0 Å². The Morgan fingerprint density at radius 2 is 1.78 bits per heavy atom. The van der Waals surface area contributed by atoms with Crippen molar-refractivity contribution in [3.8, 4) is 0 Å². The fraction of sp³-hybridized carbons (Fsp3) is 0.389. The molecule has 2 heterocycles. The van der Waals surface area contributed by atoms with Gasteiger partial charge in [-0.05, 0) is 17.7 Å². The molecule has 0 aliphatic carbocycles. The summed E-state index contributed by atoms with van der Waals surface area (Å²) in [4.78, 5) is 16.6. The van der Waals surface area contributed by atoms with E-state index in [0.717, 1.165) is 35.3 Å². The number of nitrogens with zero attached hydrogens (tertiary/aromatic N) is 3. The number of thiophene rings is 1. The number of amides is 1. The molecule has 1 aromatic heterocycles. The maximum atomic E-state index is 12.5. The van der Waals surface area contributed by atoms with Gasteiger partial charge < -0.3 is 4.90 Å². The topological polar surface area (TPSA) is 60.9 Å². The van der Waals surface area contributed by atoms with Crippen LogP contribution in [0.25, 0.3) is 0 Å². The average molecular weight is 428 g/mol. The molecule has 0 unspecified atom stereocenters. The lowest BCUT2D eigenvalue weighted by molar-refractivity contribution is -0.133. The standard InChI is InChI=1S/C18H22ClN3O3S2/c1-20(27(24,25)18-8-7-16(19)26-18)14-17(23)22-11-9-21(10-12-22)13-15-5-3-2-4-6-15/h2-8H,9-14H2,1H3. The van der Waals surface area contributed by atoms with Crippen LogP contribution in [0.2, 0.25) is 4.34 Å². The molecule has 3 rings (SSSR count). The van der Waals surface area contributed by atoms with Gasteiger partial charge in [-0.1, -0.05) is 41.9 Å². The second-order valence-corrected chi connectivity index (χ2v) is 10.4. The molecule has 9 heteroatoms. The van der Waals surface area contributed by atoms with E-state index < -0.39 is 10.0 Å². The van der Waals surface area contributed by atoms with Crippen LogP contribution in [0.5, 0.6) is 0 Å². The first-order chi connectivity index (χ1) is 12.9. The number of hydrogen-bond donors (Lipinski definition) is 0. The van der Waals surface area contributed by atoms with E-state index in [2.05, 4.69) is 17.0 Å². The number of hydrogen-bond acceptors (Lipinski definition) is 5. The summed E-state index contributed by atoms with van der Waals surface area (Å²) in [5.41, 5.74) is 1.25. The van der Waals surface area contributed by atoms with Gasteiger partial charge >= 0.3 is 0 Å². The van der Waals surface area contributed by atoms with E-state index in [0.29, 0.717) is 17.4 Å². The minimum atomic E-state index is -3.69. The minimum Gasteiger partial charge on any atom is -0.339 e. The van der Waals surface area contributed by atoms with Crippen molar-refractivity contribution >= 4 is 38.9 Å². The van der Waals surface area contributed by atoms with Gasteiger partial charge in [-0.2, -0.15) is 4.31 Å². The maximum Gasteiger partial charge on any atom is 0.252 e. The van der Waals surface area contributed by atoms with E-state index in [9.17, 15) is 13.2 Å². The molecule has 1 amide bonds. The SMILES string of the molecule is CN(CC(=O)N1CCN(Cc2ccccc2)CC1)S(=O)(=O)c1ccc(Cl)s1. The number of likely N-dealkylation sites (N-methyl/N-ethyl adjacent to an activating group) is 1. The Morgan fingerprint density at radius 1 is 1.11 bits per heavy atom. The molecule has 6 nitrogen and oxygen atoms in total. The summed E-state index contributed by atoms with van der Waals surface area (Å²) in [6, 6.07) is 13.2. The number of carbonyl (C=O) groups is 1. The molecule has 0 N–H and O–H groups in total. The number of rotatable bonds is 6. The highest BCUT2D eigenvalue weighted by Gasteiger charge is 2.28. The molecule has 146 valence electrons. The third kappa shape index (κ3) is 5.08. The smallest absolute Gasteiger partial charge is 0.252 e. The normalized spacial score (nSPS) is 16.0. The third-order valence-electron chi connectivity index (χ3n) is 4.55. The van der Waals surface area contributed by atoms with Crippen LogP contribution in [-0.4, -0.2) is 68.2 Å². The molecule has 2 aromatic rings. The first-order valence-corrected chi connectivity index (χ1v) is 11.3. The summed E-state index contributed by atoms with van der Waals surface area (Å²) in [7, 11) is -2.27. The Morgan fingerprint density at radius 3 is 2.37 bits per heavy atom. The Labute approximate surface area is 169 Å². The summed E-state index contributed by atoms with van der Waals surface area (Å²) >= 11 is 6.82. The van der Waals surface area contributed by atoms with E-state index in [1.165, 1.54) is 18.7 Å². The lowest BCUT2D eigenvalue weighted by atomic mass is 10.2. The van der Waals surface area contributed by atoms with Gasteiger partial charge in [-0.25, -0.2) is 8.42 Å². The van der Waals surface area contributed by atoms with Gasteiger partial charge in [-0.15, -0.1) is 11.3 Å². The maximum absolute atomic E-state index is 12.5. The molecule has 0 saturated carbocycles. The Bertz CT molecular complexity index is 878. The van der Waals surface area contributed by atoms with Gasteiger partial charge in [0.25, 0.3) is 10.0 Å². The number of halogens is 1. The van der Waals surface area contributed by atoms with Crippen LogP contribution >= 0.6 is 22.9 Å². The molecule has 1 aliphatic rings. The Kier molecular flexibility index (Phi) is 6.54. The van der Waals surface area contributed by atoms with Gasteiger partial charge in [-0.3, -0.25) is 9.69 Å². The monoisotopic (exact) mass is 427 g/mol. The molecular weight excluding hydrogens is 406 g/mol. The van der Waals surface area contributed by atoms with Gasteiger partial charge in [0.05, 0.1) is 10.9 Å². The average Bonchev–Trinajstić information content (AvgIpc) is 3.10. The highest BCUT2D eigenvalue weighted by atomic mass is 35.5. The zero-order valence-electron chi connectivity index (χ0n) is 15.0. The zero-order valence-corrected chi connectivity index (χ0v) is 17.4. The second-order valence-electron chi connectivity index (χ2n) is 6.46. The number of sulfonamides is 1. The van der Waals surface area contributed by atoms with Crippen LogP contribution in [-0.2, 0) is 21.4 Å². The van der Waals surface area contributed by atoms with E-state index in [1.54, 1.807) is 11.0 Å². The number of benzene rings is 1. The Balaban J connectivity index is 1.52. The van der Waals surface area contributed by atoms with Gasteiger partial charge in [0, 0.05) is 39.8 Å². The van der Waals surface area contributed by atoms with E-state index in [4.69, 9.17) is 11.6 Å². The molecule has 0 spiro atoms. The quantitative estimate of drug-likeness (QED) is 0.710. The van der Waals surface area contributed by atoms with E-state index in [1.807, 2.05) is 18.2 Å². The molecule has 1 saturated heterocycles. The summed E-state index contributed by atoms with van der Waals surface area (Å²) in [6.45, 7) is 3.44. The van der Waals surface area contributed by atoms with Crippen LogP contribution in [0, 0.1) is 0 Å². The molecule has 27 heavy (non-hydrogen) atoms. The predicted octanol–water partition coefficient (Wildman–Crippen LogP) is 2.37. The summed E-state index contributed by atoms with van der Waals surface area (Å²) in [5.74, 6) is -0.178. The molecule has 0 bridgehead atoms. The minimum absolute atomic E-state index is 0.149. The first-order valence-electron chi connectivity index (χ1n) is 8.62. The summed E-state index contributed by atoms with van der Waals surface area (Å²) < 4.78 is 26.7. The highest BCUT2D eigenvalue weighted by molar-refractivity contribution is 7.91. The number of piperazine rings is 1. The van der Waals surface area contributed by atoms with Crippen molar-refractivity contribution in [2.45, 2.75) is 10.8 Å². The Hall–Kier alpha value is -1.45. The summed E-state index contributed by atoms with van der Waals surface area (Å²) in [6.07, 6.45) is 0. The second kappa shape index (κ2) is 8.70. The third-order valence-corrected chi connectivity index (χ3v) is 8.05. The van der Waals surface area contributed by atoms with Crippen molar-refractivity contribution in [1.82, 2.24) is 14.1 Å². The van der Waals surface area contributed by atoms with Crippen molar-refractivity contribution in [2.75, 3.05) is 39.8 Å². The van der Waals surface area contributed by atoms with Gasteiger partial charge in [0.1, 0.15) is 4.21 Å². The fourth-order valence-electron chi connectivity index (χ4n) is 2.96. The van der Waals surface area contributed by atoms with Crippen molar-refractivity contribution in [3.63, 3.8) is 0 Å². The summed E-state index contributed by atoms with van der Waals surface area (Å²) in [5, 5.41) is 0. The molecule has 0 radical (unpaired) electrons. The first kappa shape index (κ1) is 20.3. The highest BCUT2D eigenvalue weighted by Crippen LogP contribution is 2.27. The van der Waals surface area contributed by atoms with Crippen LogP contribution in [0.4, 0.5) is 0 Å². The van der Waals surface area contributed by atoms with Crippen LogP contribution < -0.4 is 0 Å². The molecule has 1 aliphatic heterocycles. The molecular formula is C18H22ClN3O3S2. The fourth-order valence-corrected chi connectivity index (χ4v) is 5.78. The molecule has 1 aromatic carbocycles. The predicted molar refractivity (Wildman–Crippen MR) is 107 cm³/mol. The molecule has 0 atom stereocenters. The van der Waals surface area contributed by atoms with Crippen molar-refractivity contribution in [1.29, 1.82) is 0 Å². The largest absolute Gasteiger partial charge is 0.339 e. The zero-order chi connectivity index (χ0) is 19.4. The lowest BCUT2D eigenvalue weighted by Gasteiger charge is -2.35. The van der Waals surface area contributed by atoms with E-state index in [-0.39, 0.29) is 16.7 Å². The van der Waals surface area contributed by atoms with Crippen molar-refractivity contribution < 1.29 is 13.2 Å². The van der Waals surface area contributed by atoms with Crippen molar-refractivity contribution in [3.05, 3.63) is 52.4 Å².